The molecule has 20 heavy (non-hydrogen) atoms. The number of benzene rings is 1. The van der Waals surface area contributed by atoms with Crippen molar-refractivity contribution in [1.82, 2.24) is 10.6 Å². The first-order chi connectivity index (χ1) is 9.53. The van der Waals surface area contributed by atoms with Crippen molar-refractivity contribution in [1.29, 1.82) is 0 Å². The van der Waals surface area contributed by atoms with Crippen molar-refractivity contribution in [3.8, 4) is 5.75 Å². The van der Waals surface area contributed by atoms with Crippen molar-refractivity contribution in [3.05, 3.63) is 29.8 Å². The second-order valence-electron chi connectivity index (χ2n) is 5.85. The van der Waals surface area contributed by atoms with Gasteiger partial charge in [0.05, 0.1) is 18.7 Å². The van der Waals surface area contributed by atoms with Gasteiger partial charge in [-0.15, -0.1) is 0 Å². The summed E-state index contributed by atoms with van der Waals surface area (Å²) < 4.78 is 5.16. The van der Waals surface area contributed by atoms with E-state index in [9.17, 15) is 4.79 Å². The molecular weight excluding hydrogens is 252 g/mol. The van der Waals surface area contributed by atoms with E-state index in [0.717, 1.165) is 37.1 Å². The van der Waals surface area contributed by atoms with E-state index < -0.39 is 0 Å². The van der Waals surface area contributed by atoms with Gasteiger partial charge in [0.15, 0.2) is 0 Å². The zero-order valence-electron chi connectivity index (χ0n) is 12.5. The Labute approximate surface area is 120 Å². The number of nitrogens with one attached hydrogen (secondary N) is 2. The number of carbonyl (C=O) groups excluding carboxylic acids is 1. The maximum atomic E-state index is 12.3. The molecule has 1 aromatic rings. The van der Waals surface area contributed by atoms with Crippen LogP contribution in [0.5, 0.6) is 5.75 Å². The molecule has 1 aliphatic heterocycles. The maximum Gasteiger partial charge on any atom is 0.237 e. The van der Waals surface area contributed by atoms with Gasteiger partial charge in [-0.3, -0.25) is 4.79 Å². The fourth-order valence-corrected chi connectivity index (χ4v) is 2.55. The van der Waals surface area contributed by atoms with Gasteiger partial charge in [-0.1, -0.05) is 18.6 Å². The highest BCUT2D eigenvalue weighted by molar-refractivity contribution is 5.82. The number of hydrogen-bond donors (Lipinski definition) is 2. The molecule has 1 fully saturated rings. The first-order valence-electron chi connectivity index (χ1n) is 7.23. The summed E-state index contributed by atoms with van der Waals surface area (Å²) in [5, 5.41) is 6.42. The molecule has 1 amide bonds. The Bertz CT molecular complexity index is 448. The van der Waals surface area contributed by atoms with Crippen LogP contribution in [-0.4, -0.2) is 25.6 Å². The minimum Gasteiger partial charge on any atom is -0.497 e. The van der Waals surface area contributed by atoms with Crippen LogP contribution in [0.15, 0.2) is 24.3 Å². The van der Waals surface area contributed by atoms with Crippen molar-refractivity contribution < 1.29 is 9.53 Å². The number of amides is 1. The van der Waals surface area contributed by atoms with Crippen LogP contribution in [0.2, 0.25) is 0 Å². The Balaban J connectivity index is 2.03. The molecule has 0 aromatic heterocycles. The first kappa shape index (κ1) is 14.9. The molecule has 4 heteroatoms. The minimum absolute atomic E-state index is 0.0544. The average Bonchev–Trinajstić information content (AvgIpc) is 2.48. The SMILES string of the molecule is COc1ccc(C(C)(C)NC(=O)C2CCCCN2)cc1. The Morgan fingerprint density at radius 2 is 2.00 bits per heavy atom. The third kappa shape index (κ3) is 3.51. The lowest BCUT2D eigenvalue weighted by atomic mass is 9.93. The topological polar surface area (TPSA) is 50.4 Å². The van der Waals surface area contributed by atoms with Crippen LogP contribution in [0.1, 0.15) is 38.7 Å². The van der Waals surface area contributed by atoms with Crippen molar-refractivity contribution in [3.63, 3.8) is 0 Å². The Morgan fingerprint density at radius 1 is 1.30 bits per heavy atom. The van der Waals surface area contributed by atoms with Crippen LogP contribution in [0.4, 0.5) is 0 Å². The molecule has 0 saturated carbocycles. The number of carbonyl (C=O) groups is 1. The smallest absolute Gasteiger partial charge is 0.237 e. The molecular formula is C16H24N2O2. The molecule has 1 aliphatic rings. The average molecular weight is 276 g/mol. The highest BCUT2D eigenvalue weighted by Gasteiger charge is 2.28. The number of hydrogen-bond acceptors (Lipinski definition) is 3. The van der Waals surface area contributed by atoms with E-state index in [1.165, 1.54) is 0 Å². The molecule has 0 radical (unpaired) electrons. The highest BCUT2D eigenvalue weighted by Crippen LogP contribution is 2.23. The number of methoxy groups -OCH3 is 1. The van der Waals surface area contributed by atoms with Crippen molar-refractivity contribution in [2.75, 3.05) is 13.7 Å². The summed E-state index contributed by atoms with van der Waals surface area (Å²) in [6, 6.07) is 7.77. The molecule has 1 unspecified atom stereocenters. The molecule has 1 atom stereocenters. The summed E-state index contributed by atoms with van der Waals surface area (Å²) in [4.78, 5) is 12.3. The molecule has 4 nitrogen and oxygen atoms in total. The van der Waals surface area contributed by atoms with E-state index in [-0.39, 0.29) is 17.5 Å². The second-order valence-corrected chi connectivity index (χ2v) is 5.85. The Hall–Kier alpha value is -1.55. The number of piperidine rings is 1. The van der Waals surface area contributed by atoms with Gasteiger partial charge in [0.2, 0.25) is 5.91 Å². The molecule has 0 aliphatic carbocycles. The van der Waals surface area contributed by atoms with Crippen molar-refractivity contribution in [2.24, 2.45) is 0 Å². The van der Waals surface area contributed by atoms with Gasteiger partial charge >= 0.3 is 0 Å². The zero-order chi connectivity index (χ0) is 14.6. The third-order valence-electron chi connectivity index (χ3n) is 3.87. The predicted molar refractivity (Wildman–Crippen MR) is 79.8 cm³/mol. The summed E-state index contributed by atoms with van der Waals surface area (Å²) in [6.45, 7) is 4.98. The predicted octanol–water partition coefficient (Wildman–Crippen LogP) is 2.19. The lowest BCUT2D eigenvalue weighted by Gasteiger charge is -2.31. The molecule has 2 rings (SSSR count). The zero-order valence-corrected chi connectivity index (χ0v) is 12.5. The van der Waals surface area contributed by atoms with Gasteiger partial charge in [-0.25, -0.2) is 0 Å². The van der Waals surface area contributed by atoms with Crippen LogP contribution in [0.3, 0.4) is 0 Å². The fraction of sp³-hybridized carbons (Fsp3) is 0.562. The van der Waals surface area contributed by atoms with E-state index >= 15 is 0 Å². The van der Waals surface area contributed by atoms with Crippen molar-refractivity contribution in [2.45, 2.75) is 44.7 Å². The molecule has 1 heterocycles. The fourth-order valence-electron chi connectivity index (χ4n) is 2.55. The molecule has 0 spiro atoms. The van der Waals surface area contributed by atoms with Crippen LogP contribution >= 0.6 is 0 Å². The van der Waals surface area contributed by atoms with Gasteiger partial charge in [-0.05, 0) is 50.9 Å². The summed E-state index contributed by atoms with van der Waals surface area (Å²) in [7, 11) is 1.65. The second kappa shape index (κ2) is 6.27. The van der Waals surface area contributed by atoms with Gasteiger partial charge in [0.1, 0.15) is 5.75 Å². The van der Waals surface area contributed by atoms with Crippen LogP contribution in [0.25, 0.3) is 0 Å². The number of ether oxygens (including phenoxy) is 1. The monoisotopic (exact) mass is 276 g/mol. The van der Waals surface area contributed by atoms with Crippen LogP contribution in [0, 0.1) is 0 Å². The first-order valence-corrected chi connectivity index (χ1v) is 7.23. The summed E-state index contributed by atoms with van der Waals surface area (Å²) in [6.07, 6.45) is 3.20. The normalized spacial score (nSPS) is 19.4. The van der Waals surface area contributed by atoms with Gasteiger partial charge in [0.25, 0.3) is 0 Å². The quantitative estimate of drug-likeness (QED) is 0.886. The molecule has 110 valence electrons. The minimum atomic E-state index is -0.386. The molecule has 0 bridgehead atoms. The van der Waals surface area contributed by atoms with Gasteiger partial charge < -0.3 is 15.4 Å². The molecule has 1 aromatic carbocycles. The Morgan fingerprint density at radius 3 is 2.55 bits per heavy atom. The van der Waals surface area contributed by atoms with Crippen LogP contribution < -0.4 is 15.4 Å². The van der Waals surface area contributed by atoms with E-state index in [1.54, 1.807) is 7.11 Å². The summed E-state index contributed by atoms with van der Waals surface area (Å²) >= 11 is 0. The summed E-state index contributed by atoms with van der Waals surface area (Å²) in [5.74, 6) is 0.912. The van der Waals surface area contributed by atoms with E-state index in [2.05, 4.69) is 10.6 Å². The largest absolute Gasteiger partial charge is 0.497 e. The standard InChI is InChI=1S/C16H24N2O2/c1-16(2,12-7-9-13(20-3)10-8-12)18-15(19)14-6-4-5-11-17-14/h7-10,14,17H,4-6,11H2,1-3H3,(H,18,19). The van der Waals surface area contributed by atoms with Crippen LogP contribution in [-0.2, 0) is 10.3 Å². The number of rotatable bonds is 4. The Kier molecular flexibility index (Phi) is 4.65. The van der Waals surface area contributed by atoms with Crippen molar-refractivity contribution >= 4 is 5.91 Å². The molecule has 2 N–H and O–H groups in total. The van der Waals surface area contributed by atoms with Gasteiger partial charge in [-0.2, -0.15) is 0 Å². The third-order valence-corrected chi connectivity index (χ3v) is 3.87. The van der Waals surface area contributed by atoms with E-state index in [1.807, 2.05) is 38.1 Å². The highest BCUT2D eigenvalue weighted by atomic mass is 16.5. The van der Waals surface area contributed by atoms with E-state index in [4.69, 9.17) is 4.74 Å². The van der Waals surface area contributed by atoms with Gasteiger partial charge in [0, 0.05) is 0 Å². The lowest BCUT2D eigenvalue weighted by molar-refractivity contribution is -0.125. The molecule has 1 saturated heterocycles. The summed E-state index contributed by atoms with van der Waals surface area (Å²) in [5.41, 5.74) is 0.685. The lowest BCUT2D eigenvalue weighted by Crippen LogP contribution is -2.52. The maximum absolute atomic E-state index is 12.3. The van der Waals surface area contributed by atoms with E-state index in [0.29, 0.717) is 0 Å².